The van der Waals surface area contributed by atoms with Crippen molar-refractivity contribution in [3.05, 3.63) is 77.9 Å². The number of amides is 1. The molecule has 0 spiro atoms. The number of hydrogen-bond acceptors (Lipinski definition) is 3. The molecule has 0 atom stereocenters. The first-order valence-electron chi connectivity index (χ1n) is 10.5. The van der Waals surface area contributed by atoms with E-state index in [1.807, 2.05) is 36.4 Å². The van der Waals surface area contributed by atoms with Gasteiger partial charge in [-0.2, -0.15) is 13.2 Å². The van der Waals surface area contributed by atoms with E-state index < -0.39 is 17.2 Å². The van der Waals surface area contributed by atoms with Gasteiger partial charge in [0, 0.05) is 25.2 Å². The van der Waals surface area contributed by atoms with Gasteiger partial charge in [-0.1, -0.05) is 48.5 Å². The van der Waals surface area contributed by atoms with Crippen molar-refractivity contribution in [3.8, 4) is 5.75 Å². The van der Waals surface area contributed by atoms with Crippen LogP contribution in [0.1, 0.15) is 24.0 Å². The van der Waals surface area contributed by atoms with Crippen molar-refractivity contribution < 1.29 is 27.4 Å². The summed E-state index contributed by atoms with van der Waals surface area (Å²) < 4.78 is 50.7. The summed E-state index contributed by atoms with van der Waals surface area (Å²) in [5, 5.41) is 4.94. The van der Waals surface area contributed by atoms with E-state index in [0.717, 1.165) is 16.8 Å². The third-order valence-electron chi connectivity index (χ3n) is 5.97. The first-order valence-corrected chi connectivity index (χ1v) is 10.5. The lowest BCUT2D eigenvalue weighted by Crippen LogP contribution is -2.45. The van der Waals surface area contributed by atoms with Gasteiger partial charge in [0.05, 0.1) is 5.56 Å². The summed E-state index contributed by atoms with van der Waals surface area (Å²) >= 11 is 0. The molecule has 32 heavy (non-hydrogen) atoms. The molecule has 0 unspecified atom stereocenters. The van der Waals surface area contributed by atoms with Gasteiger partial charge < -0.3 is 14.8 Å². The minimum absolute atomic E-state index is 0.173. The number of halogens is 3. The molecule has 1 saturated heterocycles. The summed E-state index contributed by atoms with van der Waals surface area (Å²) in [7, 11) is 0. The predicted octanol–water partition coefficient (Wildman–Crippen LogP) is 5.10. The molecule has 0 radical (unpaired) electrons. The van der Waals surface area contributed by atoms with E-state index in [4.69, 9.17) is 9.47 Å². The zero-order chi connectivity index (χ0) is 22.6. The first-order chi connectivity index (χ1) is 15.4. The average molecular weight is 443 g/mol. The van der Waals surface area contributed by atoms with Gasteiger partial charge >= 0.3 is 6.18 Å². The molecule has 0 aromatic heterocycles. The molecule has 0 saturated carbocycles. The molecule has 1 amide bonds. The lowest BCUT2D eigenvalue weighted by atomic mass is 9.73. The number of fused-ring (bicyclic) bond motifs is 1. The summed E-state index contributed by atoms with van der Waals surface area (Å²) in [6.45, 7) is 0.907. The second-order valence-corrected chi connectivity index (χ2v) is 8.05. The summed E-state index contributed by atoms with van der Waals surface area (Å²) in [4.78, 5) is 12.5. The van der Waals surface area contributed by atoms with Crippen LogP contribution in [0, 0.1) is 0 Å². The lowest BCUT2D eigenvalue weighted by molar-refractivity contribution is -0.137. The van der Waals surface area contributed by atoms with Crippen molar-refractivity contribution in [2.45, 2.75) is 24.4 Å². The second kappa shape index (κ2) is 9.20. The van der Waals surface area contributed by atoms with Crippen molar-refractivity contribution in [1.29, 1.82) is 0 Å². The van der Waals surface area contributed by atoms with Gasteiger partial charge in [0.15, 0.2) is 6.61 Å². The molecule has 1 aliphatic rings. The van der Waals surface area contributed by atoms with E-state index in [0.29, 0.717) is 37.4 Å². The van der Waals surface area contributed by atoms with Gasteiger partial charge in [-0.3, -0.25) is 4.79 Å². The van der Waals surface area contributed by atoms with Crippen LogP contribution < -0.4 is 10.1 Å². The third kappa shape index (κ3) is 5.05. The quantitative estimate of drug-likeness (QED) is 0.577. The third-order valence-corrected chi connectivity index (χ3v) is 5.97. The van der Waals surface area contributed by atoms with E-state index in [1.54, 1.807) is 12.1 Å². The maximum absolute atomic E-state index is 13.2. The van der Waals surface area contributed by atoms with Crippen molar-refractivity contribution in [2.75, 3.05) is 26.4 Å². The minimum atomic E-state index is -4.42. The van der Waals surface area contributed by atoms with E-state index in [9.17, 15) is 18.0 Å². The highest BCUT2D eigenvalue weighted by molar-refractivity contribution is 5.84. The molecule has 7 heteroatoms. The Hall–Kier alpha value is -3.06. The van der Waals surface area contributed by atoms with Gasteiger partial charge in [-0.25, -0.2) is 0 Å². The Morgan fingerprint density at radius 3 is 2.47 bits per heavy atom. The molecule has 0 bridgehead atoms. The van der Waals surface area contributed by atoms with Gasteiger partial charge in [-0.15, -0.1) is 0 Å². The van der Waals surface area contributed by atoms with Gasteiger partial charge in [0.2, 0.25) is 0 Å². The number of benzene rings is 3. The maximum Gasteiger partial charge on any atom is 0.416 e. The molecule has 0 aliphatic carbocycles. The molecule has 168 valence electrons. The number of alkyl halides is 3. The Kier molecular flexibility index (Phi) is 6.37. The fraction of sp³-hybridized carbons (Fsp3) is 0.320. The summed E-state index contributed by atoms with van der Waals surface area (Å²) in [5.74, 6) is 0.258. The van der Waals surface area contributed by atoms with Crippen LogP contribution in [0.15, 0.2) is 66.7 Å². The fourth-order valence-corrected chi connectivity index (χ4v) is 4.08. The molecule has 1 fully saturated rings. The van der Waals surface area contributed by atoms with Crippen LogP contribution in [0.2, 0.25) is 0 Å². The normalized spacial score (nSPS) is 16.0. The van der Waals surface area contributed by atoms with Crippen LogP contribution in [-0.4, -0.2) is 32.3 Å². The van der Waals surface area contributed by atoms with Crippen molar-refractivity contribution in [3.63, 3.8) is 0 Å². The molecule has 3 aromatic rings. The summed E-state index contributed by atoms with van der Waals surface area (Å²) in [6.07, 6.45) is -3.36. The molecule has 1 N–H and O–H groups in total. The topological polar surface area (TPSA) is 47.6 Å². The molecule has 1 aliphatic heterocycles. The molecule has 1 heterocycles. The summed E-state index contributed by atoms with van der Waals surface area (Å²) in [5.41, 5.74) is -0.740. The highest BCUT2D eigenvalue weighted by Crippen LogP contribution is 2.37. The molecular weight excluding hydrogens is 419 g/mol. The SMILES string of the molecule is O=C(COc1ccc2ccccc2c1)NCC1(c2cccc(C(F)(F)F)c2)CCOCC1. The number of carbonyl (C=O) groups excluding carboxylic acids is 1. The number of rotatable bonds is 6. The predicted molar refractivity (Wildman–Crippen MR) is 116 cm³/mol. The molecule has 3 aromatic carbocycles. The first kappa shape index (κ1) is 22.1. The van der Waals surface area contributed by atoms with Gasteiger partial charge in [0.25, 0.3) is 5.91 Å². The Morgan fingerprint density at radius 2 is 1.72 bits per heavy atom. The van der Waals surface area contributed by atoms with Crippen LogP contribution in [0.4, 0.5) is 13.2 Å². The van der Waals surface area contributed by atoms with Gasteiger partial charge in [-0.05, 0) is 47.4 Å². The van der Waals surface area contributed by atoms with Crippen LogP contribution in [0.25, 0.3) is 10.8 Å². The Labute approximate surface area is 184 Å². The monoisotopic (exact) mass is 443 g/mol. The van der Waals surface area contributed by atoms with Crippen LogP contribution in [0.3, 0.4) is 0 Å². The van der Waals surface area contributed by atoms with Crippen molar-refractivity contribution >= 4 is 16.7 Å². The zero-order valence-electron chi connectivity index (χ0n) is 17.5. The minimum Gasteiger partial charge on any atom is -0.484 e. The number of carbonyl (C=O) groups is 1. The molecule has 4 nitrogen and oxygen atoms in total. The van der Waals surface area contributed by atoms with E-state index >= 15 is 0 Å². The van der Waals surface area contributed by atoms with Crippen LogP contribution in [-0.2, 0) is 21.1 Å². The standard InChI is InChI=1S/C25H24F3NO3/c26-25(27,28)21-7-3-6-20(15-21)24(10-12-31-13-11-24)17-29-23(30)16-32-22-9-8-18-4-1-2-5-19(18)14-22/h1-9,14-15H,10-13,16-17H2,(H,29,30). The average Bonchev–Trinajstić information content (AvgIpc) is 2.81. The summed E-state index contributed by atoms with van der Waals surface area (Å²) in [6, 6.07) is 18.8. The Balaban J connectivity index is 1.42. The zero-order valence-corrected chi connectivity index (χ0v) is 17.5. The highest BCUT2D eigenvalue weighted by atomic mass is 19.4. The van der Waals surface area contributed by atoms with Crippen LogP contribution >= 0.6 is 0 Å². The number of nitrogens with one attached hydrogen (secondary N) is 1. The van der Waals surface area contributed by atoms with Gasteiger partial charge in [0.1, 0.15) is 5.75 Å². The maximum atomic E-state index is 13.2. The smallest absolute Gasteiger partial charge is 0.416 e. The van der Waals surface area contributed by atoms with Crippen molar-refractivity contribution in [2.24, 2.45) is 0 Å². The fourth-order valence-electron chi connectivity index (χ4n) is 4.08. The van der Waals surface area contributed by atoms with E-state index in [-0.39, 0.29) is 19.1 Å². The Morgan fingerprint density at radius 1 is 0.969 bits per heavy atom. The molecular formula is C25H24F3NO3. The van der Waals surface area contributed by atoms with E-state index in [1.165, 1.54) is 12.1 Å². The highest BCUT2D eigenvalue weighted by Gasteiger charge is 2.37. The van der Waals surface area contributed by atoms with Crippen molar-refractivity contribution in [1.82, 2.24) is 5.32 Å². The van der Waals surface area contributed by atoms with Crippen LogP contribution in [0.5, 0.6) is 5.75 Å². The lowest BCUT2D eigenvalue weighted by Gasteiger charge is -2.38. The number of ether oxygens (including phenoxy) is 2. The largest absolute Gasteiger partial charge is 0.484 e. The second-order valence-electron chi connectivity index (χ2n) is 8.05. The Bertz CT molecular complexity index is 1090. The molecule has 4 rings (SSSR count). The van der Waals surface area contributed by atoms with E-state index in [2.05, 4.69) is 5.32 Å². The number of hydrogen-bond donors (Lipinski definition) is 1.